The highest BCUT2D eigenvalue weighted by Crippen LogP contribution is 2.18. The minimum absolute atomic E-state index is 0.281. The van der Waals surface area contributed by atoms with E-state index in [4.69, 9.17) is 14.6 Å². The van der Waals surface area contributed by atoms with Gasteiger partial charge in [-0.1, -0.05) is 6.92 Å². The van der Waals surface area contributed by atoms with Crippen molar-refractivity contribution in [3.8, 4) is 0 Å². The maximum atomic E-state index is 8.71. The van der Waals surface area contributed by atoms with Crippen molar-refractivity contribution < 1.29 is 14.6 Å². The number of thioether (sulfide) groups is 1. The van der Waals surface area contributed by atoms with Gasteiger partial charge in [0.2, 0.25) is 0 Å². The van der Waals surface area contributed by atoms with E-state index in [-0.39, 0.29) is 6.61 Å². The van der Waals surface area contributed by atoms with Crippen molar-refractivity contribution >= 4 is 11.8 Å². The molecule has 0 aromatic rings. The van der Waals surface area contributed by atoms with Crippen LogP contribution in [0.5, 0.6) is 0 Å². The van der Waals surface area contributed by atoms with Gasteiger partial charge in [0, 0.05) is 17.6 Å². The summed E-state index contributed by atoms with van der Waals surface area (Å²) in [6, 6.07) is 0. The lowest BCUT2D eigenvalue weighted by Crippen LogP contribution is -2.26. The second kappa shape index (κ2) is 6.65. The number of ether oxygens (including phenoxy) is 2. The molecule has 3 nitrogen and oxygen atoms in total. The molecule has 1 rings (SSSR count). The summed E-state index contributed by atoms with van der Waals surface area (Å²) in [5.41, 5.74) is 0. The Balaban J connectivity index is 2.03. The van der Waals surface area contributed by atoms with Crippen LogP contribution in [0.2, 0.25) is 0 Å². The highest BCUT2D eigenvalue weighted by atomic mass is 32.2. The Morgan fingerprint density at radius 2 is 2.46 bits per heavy atom. The monoisotopic (exact) mass is 206 g/mol. The van der Waals surface area contributed by atoms with Crippen LogP contribution in [-0.2, 0) is 9.47 Å². The highest BCUT2D eigenvalue weighted by molar-refractivity contribution is 7.99. The molecule has 13 heavy (non-hydrogen) atoms. The SMILES string of the molecule is CC(CCO)SCC1CCOCO1. The zero-order valence-corrected chi connectivity index (χ0v) is 8.89. The molecule has 1 aliphatic heterocycles. The predicted octanol–water partition coefficient (Wildman–Crippen LogP) is 1.25. The summed E-state index contributed by atoms with van der Waals surface area (Å²) in [5.74, 6) is 1.02. The second-order valence-corrected chi connectivity index (χ2v) is 4.73. The Morgan fingerprint density at radius 3 is 3.08 bits per heavy atom. The van der Waals surface area contributed by atoms with Crippen LogP contribution in [0.25, 0.3) is 0 Å². The van der Waals surface area contributed by atoms with Gasteiger partial charge in [0.15, 0.2) is 0 Å². The fraction of sp³-hybridized carbons (Fsp3) is 1.00. The lowest BCUT2D eigenvalue weighted by molar-refractivity contribution is -0.130. The quantitative estimate of drug-likeness (QED) is 0.735. The summed E-state index contributed by atoms with van der Waals surface area (Å²) in [6.45, 7) is 3.68. The molecule has 2 unspecified atom stereocenters. The average molecular weight is 206 g/mol. The zero-order chi connectivity index (χ0) is 9.52. The topological polar surface area (TPSA) is 38.7 Å². The summed E-state index contributed by atoms with van der Waals surface area (Å²) < 4.78 is 10.5. The number of rotatable bonds is 5. The third-order valence-electron chi connectivity index (χ3n) is 2.07. The van der Waals surface area contributed by atoms with Gasteiger partial charge in [0.05, 0.1) is 12.7 Å². The van der Waals surface area contributed by atoms with Crippen molar-refractivity contribution in [2.75, 3.05) is 25.8 Å². The van der Waals surface area contributed by atoms with Crippen LogP contribution in [-0.4, -0.2) is 42.2 Å². The minimum Gasteiger partial charge on any atom is -0.396 e. The number of hydrogen-bond acceptors (Lipinski definition) is 4. The van der Waals surface area contributed by atoms with E-state index in [1.807, 2.05) is 11.8 Å². The molecule has 1 saturated heterocycles. The molecular formula is C9H18O3S. The molecule has 0 saturated carbocycles. The third-order valence-corrected chi connectivity index (χ3v) is 3.44. The van der Waals surface area contributed by atoms with Crippen LogP contribution in [0.1, 0.15) is 19.8 Å². The van der Waals surface area contributed by atoms with E-state index >= 15 is 0 Å². The van der Waals surface area contributed by atoms with Crippen molar-refractivity contribution in [3.63, 3.8) is 0 Å². The first-order chi connectivity index (χ1) is 6.33. The average Bonchev–Trinajstić information content (AvgIpc) is 2.17. The molecular weight excluding hydrogens is 188 g/mol. The zero-order valence-electron chi connectivity index (χ0n) is 8.07. The predicted molar refractivity (Wildman–Crippen MR) is 53.9 cm³/mol. The van der Waals surface area contributed by atoms with Crippen LogP contribution < -0.4 is 0 Å². The Morgan fingerprint density at radius 1 is 1.62 bits per heavy atom. The number of aliphatic hydroxyl groups excluding tert-OH is 1. The van der Waals surface area contributed by atoms with E-state index < -0.39 is 0 Å². The van der Waals surface area contributed by atoms with Crippen LogP contribution in [0.4, 0.5) is 0 Å². The standard InChI is InChI=1S/C9H18O3S/c1-8(2-4-10)13-6-9-3-5-11-7-12-9/h8-10H,2-7H2,1H3. The van der Waals surface area contributed by atoms with Gasteiger partial charge in [0.25, 0.3) is 0 Å². The Kier molecular flexibility index (Phi) is 5.78. The van der Waals surface area contributed by atoms with Gasteiger partial charge < -0.3 is 14.6 Å². The molecule has 1 N–H and O–H groups in total. The highest BCUT2D eigenvalue weighted by Gasteiger charge is 2.15. The summed E-state index contributed by atoms with van der Waals surface area (Å²) in [4.78, 5) is 0. The number of hydrogen-bond donors (Lipinski definition) is 1. The van der Waals surface area contributed by atoms with Gasteiger partial charge in [-0.25, -0.2) is 0 Å². The van der Waals surface area contributed by atoms with Crippen molar-refractivity contribution in [1.82, 2.24) is 0 Å². The van der Waals surface area contributed by atoms with Gasteiger partial charge >= 0.3 is 0 Å². The molecule has 0 aromatic carbocycles. The van der Waals surface area contributed by atoms with Crippen molar-refractivity contribution in [2.45, 2.75) is 31.1 Å². The summed E-state index contributed by atoms with van der Waals surface area (Å²) >= 11 is 1.87. The maximum Gasteiger partial charge on any atom is 0.147 e. The van der Waals surface area contributed by atoms with E-state index in [1.54, 1.807) is 0 Å². The van der Waals surface area contributed by atoms with E-state index in [1.165, 1.54) is 0 Å². The van der Waals surface area contributed by atoms with Gasteiger partial charge in [-0.05, 0) is 12.8 Å². The summed E-state index contributed by atoms with van der Waals surface area (Å²) in [7, 11) is 0. The van der Waals surface area contributed by atoms with E-state index in [0.29, 0.717) is 18.1 Å². The molecule has 1 heterocycles. The normalized spacial score (nSPS) is 25.8. The fourth-order valence-corrected chi connectivity index (χ4v) is 2.25. The molecule has 0 aromatic heterocycles. The lowest BCUT2D eigenvalue weighted by atomic mass is 10.3. The summed E-state index contributed by atoms with van der Waals surface area (Å²) in [6.07, 6.45) is 2.21. The van der Waals surface area contributed by atoms with Crippen LogP contribution in [0.15, 0.2) is 0 Å². The van der Waals surface area contributed by atoms with Crippen LogP contribution in [0.3, 0.4) is 0 Å². The molecule has 2 atom stereocenters. The molecule has 4 heteroatoms. The molecule has 78 valence electrons. The Hall–Kier alpha value is 0.230. The van der Waals surface area contributed by atoms with E-state index in [0.717, 1.165) is 25.2 Å². The molecule has 1 aliphatic rings. The third kappa shape index (κ3) is 4.86. The fourth-order valence-electron chi connectivity index (χ4n) is 1.17. The van der Waals surface area contributed by atoms with Gasteiger partial charge in [-0.3, -0.25) is 0 Å². The lowest BCUT2D eigenvalue weighted by Gasteiger charge is -2.23. The minimum atomic E-state index is 0.281. The van der Waals surface area contributed by atoms with E-state index in [9.17, 15) is 0 Å². The molecule has 0 amide bonds. The van der Waals surface area contributed by atoms with Crippen LogP contribution in [0, 0.1) is 0 Å². The van der Waals surface area contributed by atoms with Gasteiger partial charge in [-0.15, -0.1) is 0 Å². The maximum absolute atomic E-state index is 8.71. The smallest absolute Gasteiger partial charge is 0.147 e. The van der Waals surface area contributed by atoms with Crippen molar-refractivity contribution in [3.05, 3.63) is 0 Å². The first-order valence-electron chi connectivity index (χ1n) is 4.74. The van der Waals surface area contributed by atoms with Gasteiger partial charge in [0.1, 0.15) is 6.79 Å². The Labute approximate surface area is 83.8 Å². The van der Waals surface area contributed by atoms with Crippen molar-refractivity contribution in [2.24, 2.45) is 0 Å². The van der Waals surface area contributed by atoms with E-state index in [2.05, 4.69) is 6.92 Å². The molecule has 1 fully saturated rings. The molecule has 0 aliphatic carbocycles. The summed E-state index contributed by atoms with van der Waals surface area (Å²) in [5, 5.41) is 9.23. The molecule has 0 spiro atoms. The first kappa shape index (κ1) is 11.3. The van der Waals surface area contributed by atoms with Gasteiger partial charge in [-0.2, -0.15) is 11.8 Å². The molecule has 0 bridgehead atoms. The number of aliphatic hydroxyl groups is 1. The Bertz CT molecular complexity index is 126. The van der Waals surface area contributed by atoms with Crippen LogP contribution >= 0.6 is 11.8 Å². The second-order valence-electron chi connectivity index (χ2n) is 3.26. The molecule has 0 radical (unpaired) electrons. The largest absolute Gasteiger partial charge is 0.396 e. The first-order valence-corrected chi connectivity index (χ1v) is 5.79. The van der Waals surface area contributed by atoms with Crippen molar-refractivity contribution in [1.29, 1.82) is 0 Å².